The summed E-state index contributed by atoms with van der Waals surface area (Å²) in [7, 11) is 0. The van der Waals surface area contributed by atoms with Gasteiger partial charge < -0.3 is 9.67 Å². The molecule has 1 aliphatic rings. The van der Waals surface area contributed by atoms with Crippen molar-refractivity contribution in [1.29, 1.82) is 0 Å². The molecule has 5 heteroatoms. The van der Waals surface area contributed by atoms with Gasteiger partial charge in [0.15, 0.2) is 0 Å². The van der Waals surface area contributed by atoms with Crippen molar-refractivity contribution in [3.05, 3.63) is 12.2 Å². The average molecular weight is 223 g/mol. The van der Waals surface area contributed by atoms with Crippen molar-refractivity contribution in [3.63, 3.8) is 0 Å². The zero-order valence-electron chi connectivity index (χ0n) is 9.68. The third-order valence-electron chi connectivity index (χ3n) is 2.85. The number of carboxylic acids is 1. The Morgan fingerprint density at radius 3 is 2.88 bits per heavy atom. The van der Waals surface area contributed by atoms with Crippen molar-refractivity contribution in [2.45, 2.75) is 45.6 Å². The van der Waals surface area contributed by atoms with Gasteiger partial charge in [0.25, 0.3) is 0 Å². The fourth-order valence-electron chi connectivity index (χ4n) is 1.95. The Morgan fingerprint density at radius 1 is 1.62 bits per heavy atom. The maximum Gasteiger partial charge on any atom is 0.303 e. The Morgan fingerprint density at radius 2 is 2.31 bits per heavy atom. The zero-order valence-corrected chi connectivity index (χ0v) is 9.68. The first kappa shape index (κ1) is 11.1. The molecule has 1 aliphatic carbocycles. The van der Waals surface area contributed by atoms with Crippen molar-refractivity contribution in [1.82, 2.24) is 14.8 Å². The average Bonchev–Trinajstić information content (AvgIpc) is 2.86. The van der Waals surface area contributed by atoms with E-state index in [-0.39, 0.29) is 11.8 Å². The highest BCUT2D eigenvalue weighted by Crippen LogP contribution is 2.36. The second-order valence-corrected chi connectivity index (χ2v) is 5.30. The predicted octanol–water partition coefficient (Wildman–Crippen LogP) is 1.66. The van der Waals surface area contributed by atoms with Crippen LogP contribution in [-0.4, -0.2) is 25.8 Å². The number of aromatic nitrogens is 3. The number of hydrogen-bond donors (Lipinski definition) is 1. The molecule has 0 unspecified atom stereocenters. The minimum absolute atomic E-state index is 0.157. The number of carboxylic acid groups (broad SMARTS) is 1. The Labute approximate surface area is 94.5 Å². The van der Waals surface area contributed by atoms with Crippen molar-refractivity contribution >= 4 is 5.97 Å². The maximum absolute atomic E-state index is 10.7. The topological polar surface area (TPSA) is 68.0 Å². The van der Waals surface area contributed by atoms with Crippen LogP contribution in [0.15, 0.2) is 6.33 Å². The fourth-order valence-corrected chi connectivity index (χ4v) is 1.95. The molecule has 0 saturated heterocycles. The molecule has 0 aromatic carbocycles. The third kappa shape index (κ3) is 2.59. The second-order valence-electron chi connectivity index (χ2n) is 5.30. The number of hydrogen-bond acceptors (Lipinski definition) is 3. The van der Waals surface area contributed by atoms with Crippen LogP contribution in [0.1, 0.15) is 45.0 Å². The molecule has 0 aliphatic heterocycles. The van der Waals surface area contributed by atoms with E-state index in [4.69, 9.17) is 5.11 Å². The Hall–Kier alpha value is -1.39. The molecule has 1 heterocycles. The van der Waals surface area contributed by atoms with E-state index in [9.17, 15) is 4.79 Å². The molecule has 0 amide bonds. The lowest BCUT2D eigenvalue weighted by molar-refractivity contribution is -0.139. The quantitative estimate of drug-likeness (QED) is 0.824. The summed E-state index contributed by atoms with van der Waals surface area (Å²) in [5.74, 6) is 0.149. The smallest absolute Gasteiger partial charge is 0.303 e. The van der Waals surface area contributed by atoms with Crippen LogP contribution in [0.2, 0.25) is 0 Å². The largest absolute Gasteiger partial charge is 0.481 e. The van der Waals surface area contributed by atoms with Crippen LogP contribution in [-0.2, 0) is 11.2 Å². The summed E-state index contributed by atoms with van der Waals surface area (Å²) in [4.78, 5) is 10.7. The predicted molar refractivity (Wildman–Crippen MR) is 58.0 cm³/mol. The Balaban J connectivity index is 2.07. The van der Waals surface area contributed by atoms with Crippen LogP contribution in [0.3, 0.4) is 0 Å². The van der Waals surface area contributed by atoms with Gasteiger partial charge in [0.05, 0.1) is 6.42 Å². The third-order valence-corrected chi connectivity index (χ3v) is 2.85. The molecular formula is C11H17N3O2. The van der Waals surface area contributed by atoms with E-state index in [0.717, 1.165) is 5.82 Å². The van der Waals surface area contributed by atoms with Crippen molar-refractivity contribution < 1.29 is 9.90 Å². The standard InChI is InChI=1S/C11H17N3O2/c1-11(2,6-10(15)16)5-9-13-12-7-14(9)8-3-4-8/h7-8H,3-6H2,1-2H3,(H,15,16). The number of rotatable bonds is 5. The summed E-state index contributed by atoms with van der Waals surface area (Å²) in [5, 5.41) is 16.8. The molecule has 2 rings (SSSR count). The van der Waals surface area contributed by atoms with E-state index >= 15 is 0 Å². The maximum atomic E-state index is 10.7. The summed E-state index contributed by atoms with van der Waals surface area (Å²) < 4.78 is 2.09. The molecule has 1 saturated carbocycles. The van der Waals surface area contributed by atoms with Gasteiger partial charge in [0.2, 0.25) is 0 Å². The van der Waals surface area contributed by atoms with Gasteiger partial charge in [-0.15, -0.1) is 10.2 Å². The monoisotopic (exact) mass is 223 g/mol. The van der Waals surface area contributed by atoms with Crippen LogP contribution in [0.4, 0.5) is 0 Å². The van der Waals surface area contributed by atoms with Gasteiger partial charge in [-0.1, -0.05) is 13.8 Å². The molecule has 0 atom stereocenters. The van der Waals surface area contributed by atoms with Crippen molar-refractivity contribution in [2.75, 3.05) is 0 Å². The summed E-state index contributed by atoms with van der Waals surface area (Å²) in [5.41, 5.74) is -0.272. The van der Waals surface area contributed by atoms with Crippen LogP contribution in [0.25, 0.3) is 0 Å². The van der Waals surface area contributed by atoms with Crippen molar-refractivity contribution in [2.24, 2.45) is 5.41 Å². The minimum Gasteiger partial charge on any atom is -0.481 e. The molecule has 1 fully saturated rings. The Bertz CT molecular complexity index is 394. The van der Waals surface area contributed by atoms with Gasteiger partial charge in [-0.25, -0.2) is 0 Å². The molecule has 0 spiro atoms. The molecule has 0 radical (unpaired) electrons. The number of aliphatic carboxylic acids is 1. The first-order chi connectivity index (χ1) is 7.48. The normalized spacial score (nSPS) is 16.4. The number of nitrogens with zero attached hydrogens (tertiary/aromatic N) is 3. The lowest BCUT2D eigenvalue weighted by Crippen LogP contribution is -2.21. The summed E-state index contributed by atoms with van der Waals surface area (Å²) in [6, 6.07) is 0.547. The Kier molecular flexibility index (Phi) is 2.69. The first-order valence-corrected chi connectivity index (χ1v) is 5.58. The SMILES string of the molecule is CC(C)(CC(=O)O)Cc1nncn1C1CC1. The van der Waals surface area contributed by atoms with Crippen LogP contribution in [0.5, 0.6) is 0 Å². The van der Waals surface area contributed by atoms with Gasteiger partial charge in [0.1, 0.15) is 12.2 Å². The van der Waals surface area contributed by atoms with E-state index in [1.54, 1.807) is 6.33 Å². The van der Waals surface area contributed by atoms with E-state index in [2.05, 4.69) is 14.8 Å². The van der Waals surface area contributed by atoms with Gasteiger partial charge in [-0.05, 0) is 18.3 Å². The highest BCUT2D eigenvalue weighted by Gasteiger charge is 2.30. The van der Waals surface area contributed by atoms with Gasteiger partial charge in [0, 0.05) is 12.5 Å². The highest BCUT2D eigenvalue weighted by molar-refractivity contribution is 5.67. The van der Waals surface area contributed by atoms with E-state index in [1.807, 2.05) is 13.8 Å². The fraction of sp³-hybridized carbons (Fsp3) is 0.727. The zero-order chi connectivity index (χ0) is 11.8. The van der Waals surface area contributed by atoms with Crippen molar-refractivity contribution in [3.8, 4) is 0 Å². The van der Waals surface area contributed by atoms with Gasteiger partial charge in [-0.3, -0.25) is 4.79 Å². The van der Waals surface area contributed by atoms with Crippen LogP contribution in [0, 0.1) is 5.41 Å². The summed E-state index contributed by atoms with van der Waals surface area (Å²) >= 11 is 0. The molecule has 0 bridgehead atoms. The van der Waals surface area contributed by atoms with Gasteiger partial charge >= 0.3 is 5.97 Å². The molecule has 1 aromatic heterocycles. The highest BCUT2D eigenvalue weighted by atomic mass is 16.4. The molecular weight excluding hydrogens is 206 g/mol. The minimum atomic E-state index is -0.762. The first-order valence-electron chi connectivity index (χ1n) is 5.58. The van der Waals surface area contributed by atoms with E-state index < -0.39 is 5.97 Å². The van der Waals surface area contributed by atoms with E-state index in [1.165, 1.54) is 12.8 Å². The molecule has 88 valence electrons. The molecule has 5 nitrogen and oxygen atoms in total. The molecule has 1 N–H and O–H groups in total. The summed E-state index contributed by atoms with van der Waals surface area (Å²) in [6.07, 6.45) is 4.94. The summed E-state index contributed by atoms with van der Waals surface area (Å²) in [6.45, 7) is 3.90. The van der Waals surface area contributed by atoms with Crippen LogP contribution >= 0.6 is 0 Å². The lowest BCUT2D eigenvalue weighted by Gasteiger charge is -2.21. The molecule has 1 aromatic rings. The number of carbonyl (C=O) groups is 1. The second kappa shape index (κ2) is 3.88. The molecule has 16 heavy (non-hydrogen) atoms. The van der Waals surface area contributed by atoms with Gasteiger partial charge in [-0.2, -0.15) is 0 Å². The van der Waals surface area contributed by atoms with E-state index in [0.29, 0.717) is 12.5 Å². The lowest BCUT2D eigenvalue weighted by atomic mass is 9.85. The van der Waals surface area contributed by atoms with Crippen LogP contribution < -0.4 is 0 Å².